The van der Waals surface area contributed by atoms with Gasteiger partial charge in [-0.15, -0.1) is 0 Å². The van der Waals surface area contributed by atoms with Crippen molar-refractivity contribution in [1.29, 1.82) is 0 Å². The first-order valence-electron chi connectivity index (χ1n) is 6.55. The maximum atomic E-state index is 12.4. The molecule has 116 valence electrons. The first-order valence-corrected chi connectivity index (χ1v) is 7.30. The number of hydrogen-bond acceptors (Lipinski definition) is 2. The predicted octanol–water partition coefficient (Wildman–Crippen LogP) is 2.86. The molecule has 0 bridgehead atoms. The van der Waals surface area contributed by atoms with Gasteiger partial charge in [0.05, 0.1) is 15.5 Å². The Morgan fingerprint density at radius 3 is 2.24 bits per heavy atom. The molecule has 0 saturated carbocycles. The van der Waals surface area contributed by atoms with Gasteiger partial charge >= 0.3 is 0 Å². The third-order valence-corrected chi connectivity index (χ3v) is 4.11. The van der Waals surface area contributed by atoms with Crippen LogP contribution in [0.1, 0.15) is 26.3 Å². The van der Waals surface area contributed by atoms with Crippen molar-refractivity contribution in [2.24, 2.45) is 0 Å². The molecule has 2 amide bonds. The van der Waals surface area contributed by atoms with E-state index in [-0.39, 0.29) is 11.8 Å². The van der Waals surface area contributed by atoms with Crippen LogP contribution in [0.2, 0.25) is 10.0 Å². The Kier molecular flexibility index (Phi) is 5.65. The second-order valence-corrected chi connectivity index (χ2v) is 6.50. The van der Waals surface area contributed by atoms with Gasteiger partial charge in [-0.2, -0.15) is 0 Å². The largest absolute Gasteiger partial charge is 0.347 e. The van der Waals surface area contributed by atoms with Crippen molar-refractivity contribution in [3.63, 3.8) is 0 Å². The topological polar surface area (TPSA) is 49.4 Å². The van der Waals surface area contributed by atoms with Gasteiger partial charge in [0.15, 0.2) is 0 Å². The number of nitrogens with one attached hydrogen (secondary N) is 1. The van der Waals surface area contributed by atoms with Crippen LogP contribution in [0.4, 0.5) is 0 Å². The third-order valence-electron chi connectivity index (χ3n) is 3.37. The first-order chi connectivity index (χ1) is 9.57. The number of halogens is 2. The fourth-order valence-corrected chi connectivity index (χ4v) is 2.14. The zero-order valence-electron chi connectivity index (χ0n) is 12.8. The Balaban J connectivity index is 2.93. The Labute approximate surface area is 135 Å². The van der Waals surface area contributed by atoms with Gasteiger partial charge in [0, 0.05) is 14.1 Å². The van der Waals surface area contributed by atoms with Crippen molar-refractivity contribution in [1.82, 2.24) is 10.2 Å². The van der Waals surface area contributed by atoms with Gasteiger partial charge in [0.2, 0.25) is 11.8 Å². The molecule has 0 heterocycles. The monoisotopic (exact) mass is 330 g/mol. The molecule has 0 aliphatic rings. The summed E-state index contributed by atoms with van der Waals surface area (Å²) in [5, 5.41) is 3.56. The highest BCUT2D eigenvalue weighted by molar-refractivity contribution is 6.42. The van der Waals surface area contributed by atoms with E-state index in [2.05, 4.69) is 5.32 Å². The summed E-state index contributed by atoms with van der Waals surface area (Å²) in [6, 6.07) is 4.49. The lowest BCUT2D eigenvalue weighted by atomic mass is 9.83. The molecule has 1 aromatic carbocycles. The van der Waals surface area contributed by atoms with Crippen LogP contribution >= 0.6 is 23.2 Å². The summed E-state index contributed by atoms with van der Waals surface area (Å²) in [5.74, 6) is -0.406. The van der Waals surface area contributed by atoms with Crippen LogP contribution in [0.3, 0.4) is 0 Å². The highest BCUT2D eigenvalue weighted by atomic mass is 35.5. The minimum absolute atomic E-state index is 0.159. The lowest BCUT2D eigenvalue weighted by molar-refractivity contribution is -0.135. The smallest absolute Gasteiger partial charge is 0.244 e. The summed E-state index contributed by atoms with van der Waals surface area (Å²) in [4.78, 5) is 25.7. The van der Waals surface area contributed by atoms with Crippen LogP contribution in [-0.2, 0) is 15.0 Å². The Hall–Kier alpha value is -1.26. The summed E-state index contributed by atoms with van der Waals surface area (Å²) in [6.45, 7) is 5.20. The van der Waals surface area contributed by atoms with Gasteiger partial charge in [0.25, 0.3) is 0 Å². The number of rotatable bonds is 4. The zero-order valence-corrected chi connectivity index (χ0v) is 14.3. The van der Waals surface area contributed by atoms with E-state index in [1.807, 2.05) is 0 Å². The number of carbonyl (C=O) groups is 2. The molecule has 1 N–H and O–H groups in total. The number of nitrogens with zero attached hydrogens (tertiary/aromatic N) is 1. The summed E-state index contributed by atoms with van der Waals surface area (Å²) < 4.78 is 0. The molecule has 21 heavy (non-hydrogen) atoms. The minimum Gasteiger partial charge on any atom is -0.347 e. The normalized spacial score (nSPS) is 12.7. The van der Waals surface area contributed by atoms with E-state index >= 15 is 0 Å². The Bertz CT molecular complexity index is 557. The zero-order chi connectivity index (χ0) is 16.4. The Morgan fingerprint density at radius 2 is 1.76 bits per heavy atom. The van der Waals surface area contributed by atoms with E-state index in [9.17, 15) is 9.59 Å². The van der Waals surface area contributed by atoms with Crippen LogP contribution < -0.4 is 5.32 Å². The maximum absolute atomic E-state index is 12.4. The average Bonchev–Trinajstić information content (AvgIpc) is 2.40. The molecule has 0 spiro atoms. The van der Waals surface area contributed by atoms with E-state index in [4.69, 9.17) is 23.2 Å². The van der Waals surface area contributed by atoms with Gasteiger partial charge in [-0.05, 0) is 38.5 Å². The number of likely N-dealkylation sites (N-methyl/N-ethyl adjacent to an activating group) is 1. The highest BCUT2D eigenvalue weighted by Gasteiger charge is 2.32. The molecular weight excluding hydrogens is 311 g/mol. The molecule has 0 saturated heterocycles. The van der Waals surface area contributed by atoms with Crippen LogP contribution in [0, 0.1) is 0 Å². The molecular formula is C15H20Cl2N2O2. The minimum atomic E-state index is -0.824. The Morgan fingerprint density at radius 1 is 1.19 bits per heavy atom. The second kappa shape index (κ2) is 6.67. The number of benzene rings is 1. The average molecular weight is 331 g/mol. The molecule has 1 unspecified atom stereocenters. The van der Waals surface area contributed by atoms with Crippen molar-refractivity contribution in [3.8, 4) is 0 Å². The molecule has 0 aromatic heterocycles. The molecule has 0 aliphatic heterocycles. The van der Waals surface area contributed by atoms with Crippen molar-refractivity contribution in [2.45, 2.75) is 32.2 Å². The molecule has 6 heteroatoms. The summed E-state index contributed by atoms with van der Waals surface area (Å²) >= 11 is 11.9. The van der Waals surface area contributed by atoms with Gasteiger partial charge in [-0.1, -0.05) is 29.3 Å². The van der Waals surface area contributed by atoms with Crippen molar-refractivity contribution >= 4 is 35.0 Å². The predicted molar refractivity (Wildman–Crippen MR) is 85.8 cm³/mol. The quantitative estimate of drug-likeness (QED) is 0.922. The molecule has 1 aromatic rings. The van der Waals surface area contributed by atoms with E-state index in [1.165, 1.54) is 4.90 Å². The first kappa shape index (κ1) is 17.8. The fourth-order valence-electron chi connectivity index (χ4n) is 1.84. The number of carbonyl (C=O) groups excluding carboxylic acids is 2. The summed E-state index contributed by atoms with van der Waals surface area (Å²) in [6.07, 6.45) is 0. The molecule has 1 rings (SSSR count). The van der Waals surface area contributed by atoms with E-state index in [1.54, 1.807) is 53.1 Å². The van der Waals surface area contributed by atoms with Crippen molar-refractivity contribution in [2.75, 3.05) is 14.1 Å². The fraction of sp³-hybridized carbons (Fsp3) is 0.467. The molecule has 0 fully saturated rings. The molecule has 0 aliphatic carbocycles. The highest BCUT2D eigenvalue weighted by Crippen LogP contribution is 2.30. The van der Waals surface area contributed by atoms with E-state index < -0.39 is 11.5 Å². The molecule has 1 atom stereocenters. The second-order valence-electron chi connectivity index (χ2n) is 5.68. The van der Waals surface area contributed by atoms with Gasteiger partial charge in [0.1, 0.15) is 6.04 Å². The number of amides is 2. The SMILES string of the molecule is CC(NC(=O)C(C)(C)c1ccc(Cl)c(Cl)c1)C(=O)N(C)C. The molecule has 0 radical (unpaired) electrons. The van der Waals surface area contributed by atoms with Crippen LogP contribution in [0.5, 0.6) is 0 Å². The molecule has 4 nitrogen and oxygen atoms in total. The van der Waals surface area contributed by atoms with Crippen LogP contribution in [0.25, 0.3) is 0 Å². The van der Waals surface area contributed by atoms with Crippen molar-refractivity contribution in [3.05, 3.63) is 33.8 Å². The third kappa shape index (κ3) is 4.11. The standard InChI is InChI=1S/C15H20Cl2N2O2/c1-9(13(20)19(4)5)18-14(21)15(2,3)10-6-7-11(16)12(17)8-10/h6-9H,1-5H3,(H,18,21). The number of hydrogen-bond donors (Lipinski definition) is 1. The van der Waals surface area contributed by atoms with Gasteiger partial charge in [-0.3, -0.25) is 9.59 Å². The lowest BCUT2D eigenvalue weighted by Crippen LogP contribution is -2.49. The lowest BCUT2D eigenvalue weighted by Gasteiger charge is -2.27. The summed E-state index contributed by atoms with van der Waals surface area (Å²) in [5.41, 5.74) is -0.0892. The van der Waals surface area contributed by atoms with Crippen molar-refractivity contribution < 1.29 is 9.59 Å². The van der Waals surface area contributed by atoms with Crippen LogP contribution in [-0.4, -0.2) is 36.9 Å². The maximum Gasteiger partial charge on any atom is 0.244 e. The van der Waals surface area contributed by atoms with E-state index in [0.717, 1.165) is 5.56 Å². The van der Waals surface area contributed by atoms with E-state index in [0.29, 0.717) is 10.0 Å². The van der Waals surface area contributed by atoms with Crippen LogP contribution in [0.15, 0.2) is 18.2 Å². The summed E-state index contributed by atoms with van der Waals surface area (Å²) in [7, 11) is 3.30. The van der Waals surface area contributed by atoms with Gasteiger partial charge < -0.3 is 10.2 Å². The van der Waals surface area contributed by atoms with Gasteiger partial charge in [-0.25, -0.2) is 0 Å².